The molecule has 0 radical (unpaired) electrons. The van der Waals surface area contributed by atoms with Crippen LogP contribution in [-0.4, -0.2) is 26.9 Å². The second-order valence-corrected chi connectivity index (χ2v) is 11.8. The number of hydrogen-bond donors (Lipinski definition) is 0. The van der Waals surface area contributed by atoms with E-state index in [-0.39, 0.29) is 0 Å². The number of rotatable bonds is 7. The van der Waals surface area contributed by atoms with Crippen LogP contribution in [0.15, 0.2) is 0 Å². The minimum atomic E-state index is -1.28. The summed E-state index contributed by atoms with van der Waals surface area (Å²) in [5, 5.41) is 0.501. The second kappa shape index (κ2) is 6.80. The van der Waals surface area contributed by atoms with Crippen molar-refractivity contribution in [2.45, 2.75) is 77.4 Å². The van der Waals surface area contributed by atoms with Crippen LogP contribution in [0.5, 0.6) is 0 Å². The Morgan fingerprint density at radius 3 is 1.44 bits per heavy atom. The Morgan fingerprint density at radius 2 is 1.25 bits per heavy atom. The summed E-state index contributed by atoms with van der Waals surface area (Å²) in [6.45, 7) is 12.0. The Balaban J connectivity index is 4.90. The van der Waals surface area contributed by atoms with Crippen molar-refractivity contribution in [2.75, 3.05) is 14.1 Å². The third kappa shape index (κ3) is 3.88. The molecule has 0 aromatic carbocycles. The van der Waals surface area contributed by atoms with E-state index in [0.29, 0.717) is 5.04 Å². The van der Waals surface area contributed by atoms with Gasteiger partial charge in [-0.25, -0.2) is 0 Å². The van der Waals surface area contributed by atoms with E-state index < -0.39 is 8.24 Å². The van der Waals surface area contributed by atoms with Gasteiger partial charge in [0.05, 0.1) is 0 Å². The molecule has 2 heteroatoms. The van der Waals surface area contributed by atoms with Gasteiger partial charge in [-0.2, -0.15) is 0 Å². The van der Waals surface area contributed by atoms with Crippen molar-refractivity contribution in [3.8, 4) is 0 Å². The average Bonchev–Trinajstić information content (AvgIpc) is 2.16. The van der Waals surface area contributed by atoms with Crippen molar-refractivity contribution in [2.24, 2.45) is 0 Å². The minimum Gasteiger partial charge on any atom is -0.328 e. The monoisotopic (exact) mass is 243 g/mol. The standard InChI is InChI=1S/C14H33NSi/c1-8-10-12-16(15(6)7,13-11-9-2)14(3,4)5/h8-13H2,1-7H3. The fourth-order valence-electron chi connectivity index (χ4n) is 2.93. The van der Waals surface area contributed by atoms with E-state index >= 15 is 0 Å². The molecule has 0 rings (SSSR count). The normalized spacial score (nSPS) is 13.5. The van der Waals surface area contributed by atoms with Gasteiger partial charge in [-0.1, -0.05) is 60.3 Å². The van der Waals surface area contributed by atoms with Gasteiger partial charge in [-0.3, -0.25) is 0 Å². The Labute approximate surface area is 105 Å². The molecule has 0 heterocycles. The Bertz CT molecular complexity index is 174. The zero-order chi connectivity index (χ0) is 12.8. The lowest BCUT2D eigenvalue weighted by molar-refractivity contribution is 0.517. The van der Waals surface area contributed by atoms with Crippen LogP contribution < -0.4 is 0 Å². The lowest BCUT2D eigenvalue weighted by Gasteiger charge is -2.48. The maximum Gasteiger partial charge on any atom is 0.133 e. The molecule has 0 bridgehead atoms. The van der Waals surface area contributed by atoms with Gasteiger partial charge in [0.1, 0.15) is 8.24 Å². The van der Waals surface area contributed by atoms with Gasteiger partial charge in [0.15, 0.2) is 0 Å². The van der Waals surface area contributed by atoms with Crippen molar-refractivity contribution in [1.29, 1.82) is 0 Å². The van der Waals surface area contributed by atoms with Crippen LogP contribution >= 0.6 is 0 Å². The summed E-state index contributed by atoms with van der Waals surface area (Å²) in [6.07, 6.45) is 5.49. The summed E-state index contributed by atoms with van der Waals surface area (Å²) in [5.74, 6) is 0. The summed E-state index contributed by atoms with van der Waals surface area (Å²) in [6, 6.07) is 2.94. The van der Waals surface area contributed by atoms with E-state index in [1.807, 2.05) is 0 Å². The Morgan fingerprint density at radius 1 is 0.875 bits per heavy atom. The predicted molar refractivity (Wildman–Crippen MR) is 78.6 cm³/mol. The summed E-state index contributed by atoms with van der Waals surface area (Å²) in [5.41, 5.74) is 0. The first kappa shape index (κ1) is 16.2. The van der Waals surface area contributed by atoms with Crippen LogP contribution in [0.2, 0.25) is 17.1 Å². The van der Waals surface area contributed by atoms with Crippen molar-refractivity contribution < 1.29 is 0 Å². The minimum absolute atomic E-state index is 0.501. The van der Waals surface area contributed by atoms with Gasteiger partial charge in [-0.15, -0.1) is 0 Å². The fraction of sp³-hybridized carbons (Fsp3) is 1.00. The first-order valence-corrected chi connectivity index (χ1v) is 9.35. The number of unbranched alkanes of at least 4 members (excludes halogenated alkanes) is 2. The van der Waals surface area contributed by atoms with E-state index in [2.05, 4.69) is 53.3 Å². The zero-order valence-electron chi connectivity index (χ0n) is 12.7. The first-order valence-electron chi connectivity index (χ1n) is 6.99. The maximum atomic E-state index is 2.62. The molecule has 0 saturated carbocycles. The lowest BCUT2D eigenvalue weighted by Crippen LogP contribution is -2.56. The highest BCUT2D eigenvalue weighted by atomic mass is 28.3. The van der Waals surface area contributed by atoms with Crippen LogP contribution in [0.1, 0.15) is 60.3 Å². The highest BCUT2D eigenvalue weighted by Gasteiger charge is 2.45. The Hall–Kier alpha value is 0.177. The van der Waals surface area contributed by atoms with E-state index in [1.165, 1.54) is 37.8 Å². The average molecular weight is 244 g/mol. The second-order valence-electron chi connectivity index (χ2n) is 6.38. The summed E-state index contributed by atoms with van der Waals surface area (Å²) >= 11 is 0. The van der Waals surface area contributed by atoms with Gasteiger partial charge in [-0.05, 0) is 31.2 Å². The molecule has 0 saturated heterocycles. The molecule has 0 spiro atoms. The quantitative estimate of drug-likeness (QED) is 0.575. The maximum absolute atomic E-state index is 2.62. The lowest BCUT2D eigenvalue weighted by atomic mass is 10.2. The molecule has 98 valence electrons. The number of hydrogen-bond acceptors (Lipinski definition) is 1. The SMILES string of the molecule is CCCC[Si](CCCC)(N(C)C)C(C)(C)C. The van der Waals surface area contributed by atoms with Crippen LogP contribution in [0.3, 0.4) is 0 Å². The van der Waals surface area contributed by atoms with Crippen LogP contribution in [0.4, 0.5) is 0 Å². The van der Waals surface area contributed by atoms with Gasteiger partial charge in [0, 0.05) is 0 Å². The van der Waals surface area contributed by atoms with E-state index in [0.717, 1.165) is 0 Å². The van der Waals surface area contributed by atoms with Crippen LogP contribution in [0.25, 0.3) is 0 Å². The highest BCUT2D eigenvalue weighted by Crippen LogP contribution is 2.44. The predicted octanol–water partition coefficient (Wildman–Crippen LogP) is 4.89. The van der Waals surface area contributed by atoms with Gasteiger partial charge in [0.25, 0.3) is 0 Å². The van der Waals surface area contributed by atoms with Crippen molar-refractivity contribution in [3.05, 3.63) is 0 Å². The van der Waals surface area contributed by atoms with Gasteiger partial charge in [0.2, 0.25) is 0 Å². The first-order chi connectivity index (χ1) is 7.31. The summed E-state index contributed by atoms with van der Waals surface area (Å²) in [7, 11) is 3.36. The molecule has 0 amide bonds. The van der Waals surface area contributed by atoms with E-state index in [4.69, 9.17) is 0 Å². The molecule has 0 atom stereocenters. The molecule has 0 aromatic heterocycles. The van der Waals surface area contributed by atoms with Crippen molar-refractivity contribution in [3.63, 3.8) is 0 Å². The van der Waals surface area contributed by atoms with Crippen LogP contribution in [0, 0.1) is 0 Å². The topological polar surface area (TPSA) is 3.24 Å². The third-order valence-electron chi connectivity index (χ3n) is 4.14. The molecule has 0 unspecified atom stereocenters. The summed E-state index contributed by atoms with van der Waals surface area (Å²) < 4.78 is 2.62. The molecule has 0 aliphatic carbocycles. The van der Waals surface area contributed by atoms with Crippen LogP contribution in [-0.2, 0) is 0 Å². The summed E-state index contributed by atoms with van der Waals surface area (Å²) in [4.78, 5) is 0. The highest BCUT2D eigenvalue weighted by molar-refractivity contribution is 6.79. The van der Waals surface area contributed by atoms with E-state index in [9.17, 15) is 0 Å². The van der Waals surface area contributed by atoms with Gasteiger partial charge < -0.3 is 4.57 Å². The fourth-order valence-corrected chi connectivity index (χ4v) is 8.79. The molecule has 1 nitrogen and oxygen atoms in total. The van der Waals surface area contributed by atoms with Crippen molar-refractivity contribution >= 4 is 8.24 Å². The van der Waals surface area contributed by atoms with Gasteiger partial charge >= 0.3 is 0 Å². The van der Waals surface area contributed by atoms with E-state index in [1.54, 1.807) is 0 Å². The smallest absolute Gasteiger partial charge is 0.133 e. The molecule has 0 N–H and O–H groups in total. The molecule has 0 aromatic rings. The zero-order valence-corrected chi connectivity index (χ0v) is 13.7. The molecule has 16 heavy (non-hydrogen) atoms. The van der Waals surface area contributed by atoms with Crippen molar-refractivity contribution in [1.82, 2.24) is 4.57 Å². The number of nitrogens with zero attached hydrogens (tertiary/aromatic N) is 1. The molecule has 0 aliphatic rings. The molecule has 0 fully saturated rings. The molecular formula is C14H33NSi. The Kier molecular flexibility index (Phi) is 6.88. The molecule has 0 aliphatic heterocycles. The largest absolute Gasteiger partial charge is 0.328 e. The third-order valence-corrected chi connectivity index (χ3v) is 11.0. The molecular weight excluding hydrogens is 210 g/mol.